The summed E-state index contributed by atoms with van der Waals surface area (Å²) in [5.41, 5.74) is 0. The van der Waals surface area contributed by atoms with Gasteiger partial charge in [0.1, 0.15) is 6.04 Å². The second-order valence-corrected chi connectivity index (χ2v) is 4.91. The molecule has 1 saturated heterocycles. The maximum absolute atomic E-state index is 11.9. The molecule has 1 aliphatic rings. The molecule has 2 amide bonds. The van der Waals surface area contributed by atoms with Crippen LogP contribution >= 0.6 is 0 Å². The number of amides is 2. The average Bonchev–Trinajstić information content (AvgIpc) is 2.74. The van der Waals surface area contributed by atoms with Crippen molar-refractivity contribution in [1.82, 2.24) is 15.1 Å². The van der Waals surface area contributed by atoms with Crippen molar-refractivity contribution in [2.45, 2.75) is 31.3 Å². The lowest BCUT2D eigenvalue weighted by molar-refractivity contribution is -0.139. The van der Waals surface area contributed by atoms with E-state index in [0.717, 1.165) is 19.4 Å². The summed E-state index contributed by atoms with van der Waals surface area (Å²) in [6, 6.07) is -1.09. The number of likely N-dealkylation sites (tertiary alicyclic amines) is 1. The molecule has 0 aromatic carbocycles. The number of carboxylic acid groups (broad SMARTS) is 1. The number of nitrogens with one attached hydrogen (secondary N) is 1. The van der Waals surface area contributed by atoms with Crippen molar-refractivity contribution in [2.75, 3.05) is 27.2 Å². The van der Waals surface area contributed by atoms with Gasteiger partial charge in [-0.2, -0.15) is 0 Å². The third-order valence-electron chi connectivity index (χ3n) is 3.42. The van der Waals surface area contributed by atoms with Gasteiger partial charge in [-0.05, 0) is 26.4 Å². The Bertz CT molecular complexity index is 378. The van der Waals surface area contributed by atoms with Gasteiger partial charge in [0.05, 0.1) is 0 Å². The van der Waals surface area contributed by atoms with Crippen LogP contribution in [0, 0.1) is 12.3 Å². The fourth-order valence-electron chi connectivity index (χ4n) is 2.19. The number of carbonyl (C=O) groups is 2. The van der Waals surface area contributed by atoms with E-state index < -0.39 is 18.0 Å². The largest absolute Gasteiger partial charge is 0.480 e. The topological polar surface area (TPSA) is 72.9 Å². The number of carbonyl (C=O) groups excluding carboxylic acids is 1. The van der Waals surface area contributed by atoms with E-state index in [2.05, 4.69) is 16.1 Å². The van der Waals surface area contributed by atoms with Crippen molar-refractivity contribution in [3.63, 3.8) is 0 Å². The third-order valence-corrected chi connectivity index (χ3v) is 3.42. The lowest BCUT2D eigenvalue weighted by Gasteiger charge is -2.26. The molecule has 6 heteroatoms. The molecule has 0 spiro atoms. The predicted octanol–water partition coefficient (Wildman–Crippen LogP) is 0.199. The van der Waals surface area contributed by atoms with Gasteiger partial charge < -0.3 is 20.2 Å². The Morgan fingerprint density at radius 3 is 2.79 bits per heavy atom. The van der Waals surface area contributed by atoms with Crippen LogP contribution in [0.1, 0.15) is 19.3 Å². The quantitative estimate of drug-likeness (QED) is 0.698. The van der Waals surface area contributed by atoms with Gasteiger partial charge in [-0.15, -0.1) is 12.3 Å². The first kappa shape index (κ1) is 15.3. The second-order valence-electron chi connectivity index (χ2n) is 4.91. The fourth-order valence-corrected chi connectivity index (χ4v) is 2.19. The molecule has 0 bridgehead atoms. The summed E-state index contributed by atoms with van der Waals surface area (Å²) >= 11 is 0. The minimum atomic E-state index is -1.11. The zero-order valence-electron chi connectivity index (χ0n) is 11.4. The Morgan fingerprint density at radius 1 is 1.63 bits per heavy atom. The molecule has 1 fully saturated rings. The zero-order chi connectivity index (χ0) is 14.4. The number of terminal acetylenes is 1. The lowest BCUT2D eigenvalue weighted by Crippen LogP contribution is -2.49. The number of hydrogen-bond acceptors (Lipinski definition) is 3. The number of aliphatic carboxylic acids is 1. The molecule has 2 atom stereocenters. The SMILES string of the molecule is C#CCC(NC(=O)N(C)CC1CCCN1C)C(=O)O. The van der Waals surface area contributed by atoms with E-state index in [9.17, 15) is 9.59 Å². The molecule has 0 saturated carbocycles. The van der Waals surface area contributed by atoms with Gasteiger partial charge in [-0.1, -0.05) is 0 Å². The third kappa shape index (κ3) is 4.45. The van der Waals surface area contributed by atoms with Crippen molar-refractivity contribution in [3.8, 4) is 12.3 Å². The van der Waals surface area contributed by atoms with Crippen molar-refractivity contribution in [2.24, 2.45) is 0 Å². The van der Waals surface area contributed by atoms with Gasteiger partial charge in [0, 0.05) is 26.1 Å². The van der Waals surface area contributed by atoms with E-state index in [1.165, 1.54) is 4.90 Å². The maximum Gasteiger partial charge on any atom is 0.327 e. The molecule has 2 N–H and O–H groups in total. The van der Waals surface area contributed by atoms with Crippen molar-refractivity contribution in [1.29, 1.82) is 0 Å². The first-order chi connectivity index (χ1) is 8.95. The van der Waals surface area contributed by atoms with E-state index in [0.29, 0.717) is 12.6 Å². The highest BCUT2D eigenvalue weighted by atomic mass is 16.4. The van der Waals surface area contributed by atoms with Gasteiger partial charge in [0.15, 0.2) is 0 Å². The molecule has 6 nitrogen and oxygen atoms in total. The summed E-state index contributed by atoms with van der Waals surface area (Å²) < 4.78 is 0. The van der Waals surface area contributed by atoms with Crippen molar-refractivity contribution < 1.29 is 14.7 Å². The van der Waals surface area contributed by atoms with Gasteiger partial charge >= 0.3 is 12.0 Å². The summed E-state index contributed by atoms with van der Waals surface area (Å²) in [6.07, 6.45) is 7.26. The van der Waals surface area contributed by atoms with E-state index in [1.807, 2.05) is 7.05 Å². The summed E-state index contributed by atoms with van der Waals surface area (Å²) in [5, 5.41) is 11.4. The molecule has 1 aliphatic heterocycles. The summed E-state index contributed by atoms with van der Waals surface area (Å²) in [7, 11) is 3.69. The molecule has 0 aromatic rings. The Balaban J connectivity index is 2.47. The molecule has 1 heterocycles. The Kier molecular flexibility index (Phi) is 5.64. The summed E-state index contributed by atoms with van der Waals surface area (Å²) in [4.78, 5) is 26.5. The highest BCUT2D eigenvalue weighted by molar-refractivity contribution is 5.82. The number of urea groups is 1. The zero-order valence-corrected chi connectivity index (χ0v) is 11.4. The molecule has 1 rings (SSSR count). The van der Waals surface area contributed by atoms with Crippen LogP contribution in [0.25, 0.3) is 0 Å². The minimum absolute atomic E-state index is 0.0156. The average molecular weight is 267 g/mol. The Labute approximate surface area is 113 Å². The Morgan fingerprint density at radius 2 is 2.32 bits per heavy atom. The molecule has 2 unspecified atom stereocenters. The molecular weight excluding hydrogens is 246 g/mol. The highest BCUT2D eigenvalue weighted by Crippen LogP contribution is 2.15. The van der Waals surface area contributed by atoms with Crippen LogP contribution in [0.15, 0.2) is 0 Å². The molecule has 106 valence electrons. The highest BCUT2D eigenvalue weighted by Gasteiger charge is 2.26. The summed E-state index contributed by atoms with van der Waals surface area (Å²) in [5.74, 6) is 1.14. The molecule has 0 radical (unpaired) electrons. The van der Waals surface area contributed by atoms with Gasteiger partial charge in [0.25, 0.3) is 0 Å². The van der Waals surface area contributed by atoms with E-state index in [1.54, 1.807) is 7.05 Å². The normalized spacial score (nSPS) is 20.6. The van der Waals surface area contributed by atoms with Gasteiger partial charge in [-0.25, -0.2) is 9.59 Å². The van der Waals surface area contributed by atoms with Crippen LogP contribution in [0.3, 0.4) is 0 Å². The number of rotatable bonds is 5. The molecule has 0 aliphatic carbocycles. The first-order valence-corrected chi connectivity index (χ1v) is 6.33. The van der Waals surface area contributed by atoms with Crippen LogP contribution < -0.4 is 5.32 Å². The number of likely N-dealkylation sites (N-methyl/N-ethyl adjacent to an activating group) is 2. The summed E-state index contributed by atoms with van der Waals surface area (Å²) in [6.45, 7) is 1.62. The molecular formula is C13H21N3O3. The van der Waals surface area contributed by atoms with Gasteiger partial charge in [-0.3, -0.25) is 0 Å². The van der Waals surface area contributed by atoms with E-state index in [-0.39, 0.29) is 6.42 Å². The molecule has 0 aromatic heterocycles. The Hall–Kier alpha value is -1.74. The van der Waals surface area contributed by atoms with E-state index in [4.69, 9.17) is 11.5 Å². The van der Waals surface area contributed by atoms with E-state index >= 15 is 0 Å². The first-order valence-electron chi connectivity index (χ1n) is 6.33. The number of nitrogens with zero attached hydrogens (tertiary/aromatic N) is 2. The van der Waals surface area contributed by atoms with Crippen LogP contribution in [0.5, 0.6) is 0 Å². The van der Waals surface area contributed by atoms with Crippen LogP contribution in [-0.4, -0.2) is 66.2 Å². The van der Waals surface area contributed by atoms with Gasteiger partial charge in [0.2, 0.25) is 0 Å². The second kappa shape index (κ2) is 7.00. The monoisotopic (exact) mass is 267 g/mol. The molecule has 19 heavy (non-hydrogen) atoms. The lowest BCUT2D eigenvalue weighted by atomic mass is 10.2. The van der Waals surface area contributed by atoms with Crippen molar-refractivity contribution >= 4 is 12.0 Å². The standard InChI is InChI=1S/C13H21N3O3/c1-4-6-11(12(17)18)14-13(19)16(3)9-10-7-5-8-15(10)2/h1,10-11H,5-9H2,2-3H3,(H,14,19)(H,17,18). The fraction of sp³-hybridized carbons (Fsp3) is 0.692. The van der Waals surface area contributed by atoms with Crippen LogP contribution in [-0.2, 0) is 4.79 Å². The minimum Gasteiger partial charge on any atom is -0.480 e. The maximum atomic E-state index is 11.9. The van der Waals surface area contributed by atoms with Crippen LogP contribution in [0.2, 0.25) is 0 Å². The smallest absolute Gasteiger partial charge is 0.327 e. The number of hydrogen-bond donors (Lipinski definition) is 2. The predicted molar refractivity (Wildman–Crippen MR) is 71.7 cm³/mol. The van der Waals surface area contributed by atoms with Crippen LogP contribution in [0.4, 0.5) is 4.79 Å². The van der Waals surface area contributed by atoms with Crippen molar-refractivity contribution in [3.05, 3.63) is 0 Å². The number of carboxylic acids is 1.